The first-order chi connectivity index (χ1) is 17.7. The molecule has 0 aliphatic rings. The van der Waals surface area contributed by atoms with E-state index in [0.29, 0.717) is 24.7 Å². The average molecular weight is 493 g/mol. The van der Waals surface area contributed by atoms with Crippen LogP contribution in [0.2, 0.25) is 0 Å². The minimum atomic E-state index is -0.0443. The number of hydrogen-bond acceptors (Lipinski definition) is 4. The molecule has 4 aromatic carbocycles. The molecule has 0 spiro atoms. The van der Waals surface area contributed by atoms with Gasteiger partial charge in [-0.1, -0.05) is 102 Å². The van der Waals surface area contributed by atoms with Crippen molar-refractivity contribution in [2.24, 2.45) is 0 Å². The second-order valence-corrected chi connectivity index (χ2v) is 9.61. The van der Waals surface area contributed by atoms with E-state index in [1.165, 1.54) is 11.3 Å². The van der Waals surface area contributed by atoms with Crippen molar-refractivity contribution in [1.29, 1.82) is 0 Å². The van der Waals surface area contributed by atoms with Gasteiger partial charge >= 0.3 is 0 Å². The third-order valence-corrected chi connectivity index (χ3v) is 7.20. The summed E-state index contributed by atoms with van der Waals surface area (Å²) < 4.78 is 6.68. The Balaban J connectivity index is 1.51. The van der Waals surface area contributed by atoms with E-state index in [-0.39, 0.29) is 11.8 Å². The summed E-state index contributed by atoms with van der Waals surface area (Å²) in [6.45, 7) is 3.04. The van der Waals surface area contributed by atoms with Crippen LogP contribution in [0, 0.1) is 0 Å². The summed E-state index contributed by atoms with van der Waals surface area (Å²) in [5, 5.41) is 0.701. The minimum absolute atomic E-state index is 0.0423. The number of nitrogens with zero attached hydrogens (tertiary/aromatic N) is 2. The van der Waals surface area contributed by atoms with E-state index in [1.54, 1.807) is 0 Å². The molecule has 5 rings (SSSR count). The van der Waals surface area contributed by atoms with Crippen molar-refractivity contribution in [1.82, 2.24) is 4.98 Å². The second-order valence-electron chi connectivity index (χ2n) is 8.60. The summed E-state index contributed by atoms with van der Waals surface area (Å²) >= 11 is 1.53. The zero-order valence-corrected chi connectivity index (χ0v) is 21.0. The van der Waals surface area contributed by atoms with Gasteiger partial charge in [0.2, 0.25) is 5.91 Å². The highest BCUT2D eigenvalue weighted by Crippen LogP contribution is 2.35. The molecule has 0 radical (unpaired) electrons. The smallest absolute Gasteiger partial charge is 0.230 e. The number of carbonyl (C=O) groups is 1. The van der Waals surface area contributed by atoms with E-state index >= 15 is 0 Å². The van der Waals surface area contributed by atoms with Crippen LogP contribution in [0.15, 0.2) is 109 Å². The minimum Gasteiger partial charge on any atom is -0.494 e. The van der Waals surface area contributed by atoms with E-state index in [2.05, 4.69) is 24.3 Å². The number of thiazole rings is 1. The highest BCUT2D eigenvalue weighted by atomic mass is 32.1. The van der Waals surface area contributed by atoms with Crippen LogP contribution in [0.5, 0.6) is 5.75 Å². The van der Waals surface area contributed by atoms with Crippen LogP contribution in [-0.2, 0) is 11.3 Å². The fourth-order valence-corrected chi connectivity index (χ4v) is 5.39. The van der Waals surface area contributed by atoms with E-state index < -0.39 is 0 Å². The summed E-state index contributed by atoms with van der Waals surface area (Å²) in [6.07, 6.45) is 0.348. The van der Waals surface area contributed by atoms with Crippen LogP contribution >= 0.6 is 11.3 Å². The lowest BCUT2D eigenvalue weighted by Gasteiger charge is -2.24. The van der Waals surface area contributed by atoms with Crippen LogP contribution in [0.3, 0.4) is 0 Å². The molecule has 0 bridgehead atoms. The van der Waals surface area contributed by atoms with Crippen LogP contribution in [0.1, 0.15) is 36.0 Å². The Kier molecular flexibility index (Phi) is 7.39. The van der Waals surface area contributed by atoms with Crippen molar-refractivity contribution in [3.8, 4) is 5.75 Å². The Morgan fingerprint density at radius 2 is 1.47 bits per heavy atom. The van der Waals surface area contributed by atoms with Crippen LogP contribution in [-0.4, -0.2) is 17.5 Å². The standard InChI is InChI=1S/C31H28N2O2S/c1-2-35-26-18-19-28-29(20-26)36-31(32-28)33(22-23-12-6-3-7-13-23)30(34)21-27(24-14-8-4-9-15-24)25-16-10-5-11-17-25/h3-20,27H,2,21-22H2,1H3. The predicted molar refractivity (Wildman–Crippen MR) is 148 cm³/mol. The first-order valence-electron chi connectivity index (χ1n) is 12.2. The van der Waals surface area contributed by atoms with Crippen molar-refractivity contribution >= 4 is 32.6 Å². The second kappa shape index (κ2) is 11.2. The molecule has 36 heavy (non-hydrogen) atoms. The van der Waals surface area contributed by atoms with Crippen molar-refractivity contribution < 1.29 is 9.53 Å². The molecule has 1 amide bonds. The fraction of sp³-hybridized carbons (Fsp3) is 0.161. The monoisotopic (exact) mass is 492 g/mol. The van der Waals surface area contributed by atoms with Crippen LogP contribution < -0.4 is 9.64 Å². The van der Waals surface area contributed by atoms with Gasteiger partial charge in [0, 0.05) is 12.3 Å². The zero-order chi connectivity index (χ0) is 24.7. The number of hydrogen-bond donors (Lipinski definition) is 0. The van der Waals surface area contributed by atoms with Gasteiger partial charge in [-0.05, 0) is 41.8 Å². The molecule has 0 saturated heterocycles. The number of fused-ring (bicyclic) bond motifs is 1. The van der Waals surface area contributed by atoms with Gasteiger partial charge in [0.05, 0.1) is 23.4 Å². The number of amides is 1. The zero-order valence-electron chi connectivity index (χ0n) is 20.2. The van der Waals surface area contributed by atoms with E-state index in [4.69, 9.17) is 9.72 Å². The van der Waals surface area contributed by atoms with Crippen LogP contribution in [0.4, 0.5) is 5.13 Å². The number of rotatable bonds is 9. The van der Waals surface area contributed by atoms with Crippen molar-refractivity contribution in [3.05, 3.63) is 126 Å². The molecular weight excluding hydrogens is 464 g/mol. The van der Waals surface area contributed by atoms with Gasteiger partial charge in [-0.3, -0.25) is 9.69 Å². The number of aromatic nitrogens is 1. The molecule has 0 atom stereocenters. The molecule has 4 nitrogen and oxygen atoms in total. The van der Waals surface area contributed by atoms with Crippen molar-refractivity contribution in [3.63, 3.8) is 0 Å². The number of benzene rings is 4. The quantitative estimate of drug-likeness (QED) is 0.215. The topological polar surface area (TPSA) is 42.4 Å². The average Bonchev–Trinajstić information content (AvgIpc) is 3.35. The predicted octanol–water partition coefficient (Wildman–Crippen LogP) is 7.45. The third kappa shape index (κ3) is 5.47. The molecule has 180 valence electrons. The maximum atomic E-state index is 14.0. The normalized spacial score (nSPS) is 11.1. The van der Waals surface area contributed by atoms with Gasteiger partial charge in [0.1, 0.15) is 5.75 Å². The summed E-state index contributed by atoms with van der Waals surface area (Å²) in [6, 6.07) is 36.5. The highest BCUT2D eigenvalue weighted by Gasteiger charge is 2.25. The molecule has 0 aliphatic carbocycles. The highest BCUT2D eigenvalue weighted by molar-refractivity contribution is 7.22. The van der Waals surface area contributed by atoms with Gasteiger partial charge in [0.15, 0.2) is 5.13 Å². The lowest BCUT2D eigenvalue weighted by atomic mass is 9.88. The van der Waals surface area contributed by atoms with Gasteiger partial charge < -0.3 is 4.74 Å². The molecule has 0 unspecified atom stereocenters. The summed E-state index contributed by atoms with van der Waals surface area (Å²) in [4.78, 5) is 20.7. The molecule has 0 N–H and O–H groups in total. The van der Waals surface area contributed by atoms with Crippen molar-refractivity contribution in [2.75, 3.05) is 11.5 Å². The molecule has 1 aromatic heterocycles. The Morgan fingerprint density at radius 3 is 2.08 bits per heavy atom. The number of ether oxygens (including phenoxy) is 1. The maximum absolute atomic E-state index is 14.0. The first kappa shape index (κ1) is 23.8. The van der Waals surface area contributed by atoms with Gasteiger partial charge in [-0.2, -0.15) is 0 Å². The van der Waals surface area contributed by atoms with Crippen LogP contribution in [0.25, 0.3) is 10.2 Å². The molecule has 0 aliphatic heterocycles. The van der Waals surface area contributed by atoms with E-state index in [9.17, 15) is 4.79 Å². The Morgan fingerprint density at radius 1 is 0.861 bits per heavy atom. The Hall–Kier alpha value is -3.96. The van der Waals surface area contributed by atoms with Gasteiger partial charge in [-0.25, -0.2) is 4.98 Å². The lowest BCUT2D eigenvalue weighted by molar-refractivity contribution is -0.119. The van der Waals surface area contributed by atoms with E-state index in [1.807, 2.05) is 96.8 Å². The SMILES string of the molecule is CCOc1ccc2nc(N(Cc3ccccc3)C(=O)CC(c3ccccc3)c3ccccc3)sc2c1. The fourth-order valence-electron chi connectivity index (χ4n) is 4.38. The molecule has 0 saturated carbocycles. The molecule has 5 heteroatoms. The molecule has 1 heterocycles. The third-order valence-electron chi connectivity index (χ3n) is 6.16. The summed E-state index contributed by atoms with van der Waals surface area (Å²) in [5.74, 6) is 0.812. The number of anilines is 1. The summed E-state index contributed by atoms with van der Waals surface area (Å²) in [5.41, 5.74) is 4.19. The summed E-state index contributed by atoms with van der Waals surface area (Å²) in [7, 11) is 0. The molecule has 5 aromatic rings. The Labute approximate surface area is 215 Å². The largest absolute Gasteiger partial charge is 0.494 e. The van der Waals surface area contributed by atoms with Gasteiger partial charge in [-0.15, -0.1) is 0 Å². The molecule has 0 fully saturated rings. The lowest BCUT2D eigenvalue weighted by Crippen LogP contribution is -2.31. The van der Waals surface area contributed by atoms with Gasteiger partial charge in [0.25, 0.3) is 0 Å². The van der Waals surface area contributed by atoms with Crippen molar-refractivity contribution in [2.45, 2.75) is 25.8 Å². The first-order valence-corrected chi connectivity index (χ1v) is 13.0. The number of carbonyl (C=O) groups excluding carboxylic acids is 1. The Bertz CT molecular complexity index is 1380. The van der Waals surface area contributed by atoms with E-state index in [0.717, 1.165) is 32.7 Å². The molecular formula is C31H28N2O2S. The maximum Gasteiger partial charge on any atom is 0.230 e.